The van der Waals surface area contributed by atoms with Gasteiger partial charge >= 0.3 is 0 Å². The molecule has 0 aliphatic rings. The molecule has 0 atom stereocenters. The molecule has 0 aliphatic carbocycles. The summed E-state index contributed by atoms with van der Waals surface area (Å²) in [6.07, 6.45) is 1.67. The largest absolute Gasteiger partial charge is 0.370 e. The normalized spacial score (nSPS) is 12.1. The second-order valence-corrected chi connectivity index (χ2v) is 4.43. The number of hydrogen-bond donors (Lipinski definition) is 2. The molecule has 0 amide bonds. The van der Waals surface area contributed by atoms with Gasteiger partial charge in [-0.05, 0) is 20.8 Å². The molecule has 1 rings (SSSR count). The van der Waals surface area contributed by atoms with Crippen LogP contribution in [0.2, 0.25) is 0 Å². The van der Waals surface area contributed by atoms with E-state index in [1.165, 1.54) is 0 Å². The van der Waals surface area contributed by atoms with Crippen molar-refractivity contribution in [3.63, 3.8) is 0 Å². The van der Waals surface area contributed by atoms with Crippen molar-refractivity contribution in [3.05, 3.63) is 11.9 Å². The molecule has 1 aromatic heterocycles. The number of hydrogen-bond acceptors (Lipinski definition) is 3. The maximum atomic E-state index is 5.72. The number of guanidine groups is 1. The quantitative estimate of drug-likeness (QED) is 0.471. The fourth-order valence-corrected chi connectivity index (χ4v) is 1.04. The lowest BCUT2D eigenvalue weighted by molar-refractivity contribution is 0.508. The number of rotatable bonds is 2. The van der Waals surface area contributed by atoms with Crippen LogP contribution < -0.4 is 11.1 Å². The van der Waals surface area contributed by atoms with Gasteiger partial charge in [0.05, 0.1) is 18.4 Å². The van der Waals surface area contributed by atoms with Gasteiger partial charge in [-0.2, -0.15) is 0 Å². The summed E-state index contributed by atoms with van der Waals surface area (Å²) < 4.78 is 1.67. The molecule has 7 heteroatoms. The zero-order valence-electron chi connectivity index (χ0n) is 10.1. The second-order valence-electron chi connectivity index (χ2n) is 4.43. The van der Waals surface area contributed by atoms with Gasteiger partial charge in [0.15, 0.2) is 5.96 Å². The summed E-state index contributed by atoms with van der Waals surface area (Å²) in [6, 6.07) is 0. The number of aromatic nitrogens is 3. The highest BCUT2D eigenvalue weighted by Gasteiger charge is 2.09. The maximum absolute atomic E-state index is 5.72. The zero-order valence-corrected chi connectivity index (χ0v) is 12.4. The molecular formula is C9H19IN6. The Hall–Kier alpha value is -0.860. The summed E-state index contributed by atoms with van der Waals surface area (Å²) in [7, 11) is 1.82. The van der Waals surface area contributed by atoms with Crippen LogP contribution >= 0.6 is 24.0 Å². The Morgan fingerprint density at radius 1 is 1.56 bits per heavy atom. The van der Waals surface area contributed by atoms with Crippen LogP contribution in [-0.4, -0.2) is 26.5 Å². The molecule has 6 nitrogen and oxygen atoms in total. The Labute approximate surface area is 113 Å². The van der Waals surface area contributed by atoms with Crippen molar-refractivity contribution in [2.24, 2.45) is 17.8 Å². The van der Waals surface area contributed by atoms with Gasteiger partial charge < -0.3 is 11.1 Å². The number of nitrogens with zero attached hydrogens (tertiary/aromatic N) is 4. The summed E-state index contributed by atoms with van der Waals surface area (Å²) in [5, 5.41) is 10.6. The Bertz CT molecular complexity index is 351. The molecule has 0 saturated carbocycles. The highest BCUT2D eigenvalue weighted by Crippen LogP contribution is 1.99. The molecule has 1 aromatic rings. The van der Waals surface area contributed by atoms with Gasteiger partial charge in [0.25, 0.3) is 0 Å². The third-order valence-corrected chi connectivity index (χ3v) is 1.72. The van der Waals surface area contributed by atoms with Gasteiger partial charge in [0, 0.05) is 12.6 Å². The second kappa shape index (κ2) is 6.02. The molecule has 0 aromatic carbocycles. The Morgan fingerprint density at radius 3 is 2.62 bits per heavy atom. The van der Waals surface area contributed by atoms with Gasteiger partial charge in [-0.3, -0.25) is 4.68 Å². The number of nitrogens with one attached hydrogen (secondary N) is 1. The molecule has 16 heavy (non-hydrogen) atoms. The highest BCUT2D eigenvalue weighted by atomic mass is 127. The molecule has 0 spiro atoms. The van der Waals surface area contributed by atoms with E-state index in [1.54, 1.807) is 10.9 Å². The van der Waals surface area contributed by atoms with Gasteiger partial charge in [-0.1, -0.05) is 5.21 Å². The molecule has 92 valence electrons. The molecule has 0 saturated heterocycles. The number of nitrogens with two attached hydrogens (primary N) is 1. The van der Waals surface area contributed by atoms with E-state index >= 15 is 0 Å². The minimum Gasteiger partial charge on any atom is -0.370 e. The topological polar surface area (TPSA) is 81.1 Å². The summed E-state index contributed by atoms with van der Waals surface area (Å²) in [4.78, 5) is 4.20. The van der Waals surface area contributed by atoms with Gasteiger partial charge in [-0.25, -0.2) is 4.99 Å². The van der Waals surface area contributed by atoms with Gasteiger partial charge in [0.1, 0.15) is 0 Å². The molecule has 3 N–H and O–H groups in total. The monoisotopic (exact) mass is 338 g/mol. The van der Waals surface area contributed by atoms with Crippen molar-refractivity contribution in [1.29, 1.82) is 0 Å². The Balaban J connectivity index is 0.00000225. The van der Waals surface area contributed by atoms with Gasteiger partial charge in [-0.15, -0.1) is 29.1 Å². The van der Waals surface area contributed by atoms with E-state index in [0.717, 1.165) is 5.69 Å². The van der Waals surface area contributed by atoms with E-state index in [9.17, 15) is 0 Å². The van der Waals surface area contributed by atoms with Crippen LogP contribution in [0.5, 0.6) is 0 Å². The predicted octanol–water partition coefficient (Wildman–Crippen LogP) is 0.636. The zero-order chi connectivity index (χ0) is 11.5. The predicted molar refractivity (Wildman–Crippen MR) is 74.6 cm³/mol. The van der Waals surface area contributed by atoms with E-state index < -0.39 is 0 Å². The minimum atomic E-state index is -0.0711. The van der Waals surface area contributed by atoms with Gasteiger partial charge in [0.2, 0.25) is 0 Å². The van der Waals surface area contributed by atoms with Crippen LogP contribution in [0.15, 0.2) is 11.2 Å². The van der Waals surface area contributed by atoms with Crippen LogP contribution in [-0.2, 0) is 13.6 Å². The lowest BCUT2D eigenvalue weighted by Gasteiger charge is -2.20. The summed E-state index contributed by atoms with van der Waals surface area (Å²) in [5.41, 5.74) is 6.57. The molecule has 0 unspecified atom stereocenters. The first-order chi connectivity index (χ1) is 6.88. The van der Waals surface area contributed by atoms with Crippen molar-refractivity contribution in [2.45, 2.75) is 32.9 Å². The van der Waals surface area contributed by atoms with Crippen molar-refractivity contribution in [3.8, 4) is 0 Å². The van der Waals surface area contributed by atoms with Crippen LogP contribution in [0.4, 0.5) is 0 Å². The summed E-state index contributed by atoms with van der Waals surface area (Å²) in [6.45, 7) is 6.57. The summed E-state index contributed by atoms with van der Waals surface area (Å²) in [5.74, 6) is 0.434. The Morgan fingerprint density at radius 2 is 2.19 bits per heavy atom. The fourth-order valence-electron chi connectivity index (χ4n) is 1.04. The first kappa shape index (κ1) is 15.1. The van der Waals surface area contributed by atoms with Crippen molar-refractivity contribution in [1.82, 2.24) is 20.3 Å². The lowest BCUT2D eigenvalue weighted by atomic mass is 10.1. The third-order valence-electron chi connectivity index (χ3n) is 1.72. The first-order valence-corrected chi connectivity index (χ1v) is 4.80. The van der Waals surface area contributed by atoms with Crippen LogP contribution in [0.3, 0.4) is 0 Å². The first-order valence-electron chi connectivity index (χ1n) is 4.80. The Kier molecular flexibility index (Phi) is 5.70. The van der Waals surface area contributed by atoms with E-state index in [-0.39, 0.29) is 29.5 Å². The molecule has 0 aliphatic heterocycles. The average molecular weight is 338 g/mol. The third kappa shape index (κ3) is 5.29. The molecular weight excluding hydrogens is 319 g/mol. The molecule has 1 heterocycles. The van der Waals surface area contributed by atoms with Crippen LogP contribution in [0, 0.1) is 0 Å². The highest BCUT2D eigenvalue weighted by molar-refractivity contribution is 14.0. The van der Waals surface area contributed by atoms with E-state index in [0.29, 0.717) is 12.5 Å². The standard InChI is InChI=1S/C9H18N6.HI/c1-9(2,3)13-8(10)11-5-7-6-12-14-15(7)4;/h6H,5H2,1-4H3,(H3,10,11,13);1H. The number of aliphatic imine (C=N–C) groups is 1. The average Bonchev–Trinajstić information content (AvgIpc) is 2.44. The van der Waals surface area contributed by atoms with Crippen LogP contribution in [0.25, 0.3) is 0 Å². The van der Waals surface area contributed by atoms with E-state index in [1.807, 2.05) is 27.8 Å². The molecule has 0 bridgehead atoms. The SMILES string of the molecule is Cn1nncc1CN=C(N)NC(C)(C)C.I. The van der Waals surface area contributed by atoms with Crippen molar-refractivity contribution in [2.75, 3.05) is 0 Å². The lowest BCUT2D eigenvalue weighted by Crippen LogP contribution is -2.45. The number of aryl methyl sites for hydroxylation is 1. The summed E-state index contributed by atoms with van der Waals surface area (Å²) >= 11 is 0. The molecule has 0 radical (unpaired) electrons. The molecule has 0 fully saturated rings. The van der Waals surface area contributed by atoms with Crippen molar-refractivity contribution < 1.29 is 0 Å². The minimum absolute atomic E-state index is 0. The smallest absolute Gasteiger partial charge is 0.189 e. The maximum Gasteiger partial charge on any atom is 0.189 e. The van der Waals surface area contributed by atoms with Crippen LogP contribution in [0.1, 0.15) is 26.5 Å². The van der Waals surface area contributed by atoms with Crippen molar-refractivity contribution >= 4 is 29.9 Å². The fraction of sp³-hybridized carbons (Fsp3) is 0.667. The van der Waals surface area contributed by atoms with E-state index in [4.69, 9.17) is 5.73 Å². The number of halogens is 1. The van der Waals surface area contributed by atoms with E-state index in [2.05, 4.69) is 20.6 Å².